The van der Waals surface area contributed by atoms with Crippen molar-refractivity contribution in [1.29, 1.82) is 5.26 Å². The van der Waals surface area contributed by atoms with Crippen molar-refractivity contribution >= 4 is 35.1 Å². The van der Waals surface area contributed by atoms with E-state index < -0.39 is 5.97 Å². The molecule has 3 aromatic carbocycles. The van der Waals surface area contributed by atoms with E-state index in [2.05, 4.69) is 5.32 Å². The lowest BCUT2D eigenvalue weighted by Gasteiger charge is -2.10. The summed E-state index contributed by atoms with van der Waals surface area (Å²) in [5, 5.41) is 22.0. The summed E-state index contributed by atoms with van der Waals surface area (Å²) in [5.74, 6) is -0.457. The number of hydrogen-bond acceptors (Lipinski definition) is 4. The number of nitrogens with zero attached hydrogens (tertiary/aromatic N) is 1. The third kappa shape index (κ3) is 6.24. The molecule has 0 radical (unpaired) electrons. The highest BCUT2D eigenvalue weighted by atomic mass is 35.5. The molecule has 0 aliphatic carbocycles. The van der Waals surface area contributed by atoms with Gasteiger partial charge >= 0.3 is 5.97 Å². The topological polar surface area (TPSA) is 99.4 Å². The molecule has 8 heteroatoms. The van der Waals surface area contributed by atoms with Gasteiger partial charge in [0.1, 0.15) is 17.6 Å². The molecule has 0 saturated carbocycles. The fourth-order valence-corrected chi connectivity index (χ4v) is 3.28. The quantitative estimate of drug-likeness (QED) is 0.469. The van der Waals surface area contributed by atoms with E-state index in [0.717, 1.165) is 5.56 Å². The summed E-state index contributed by atoms with van der Waals surface area (Å²) in [5.41, 5.74) is 2.16. The minimum Gasteiger partial charge on any atom is -0.481 e. The van der Waals surface area contributed by atoms with Gasteiger partial charge in [-0.3, -0.25) is 9.59 Å². The van der Waals surface area contributed by atoms with Crippen LogP contribution in [0.15, 0.2) is 60.7 Å². The van der Waals surface area contributed by atoms with Gasteiger partial charge in [0.25, 0.3) is 5.91 Å². The Morgan fingerprint density at radius 2 is 1.69 bits per heavy atom. The predicted octanol–water partition coefficient (Wildman–Crippen LogP) is 5.26. The molecule has 32 heavy (non-hydrogen) atoms. The van der Waals surface area contributed by atoms with Gasteiger partial charge in [0.15, 0.2) is 0 Å². The molecule has 2 N–H and O–H groups in total. The van der Waals surface area contributed by atoms with E-state index in [-0.39, 0.29) is 17.9 Å². The highest BCUT2D eigenvalue weighted by Gasteiger charge is 2.10. The number of carbonyl (C=O) groups is 2. The number of carboxylic acid groups (broad SMARTS) is 1. The number of nitrogens with one attached hydrogen (secondary N) is 1. The molecule has 0 saturated heterocycles. The number of carboxylic acids is 1. The van der Waals surface area contributed by atoms with Crippen molar-refractivity contribution in [2.45, 2.75) is 12.8 Å². The van der Waals surface area contributed by atoms with Gasteiger partial charge in [-0.15, -0.1) is 0 Å². The van der Waals surface area contributed by atoms with Gasteiger partial charge in [-0.1, -0.05) is 35.3 Å². The minimum absolute atomic E-state index is 0.177. The Hall–Kier alpha value is -3.53. The van der Waals surface area contributed by atoms with Crippen LogP contribution < -0.4 is 10.1 Å². The summed E-state index contributed by atoms with van der Waals surface area (Å²) in [6.07, 6.45) is 0.433. The third-order valence-corrected chi connectivity index (χ3v) is 5.29. The Balaban J connectivity index is 1.58. The summed E-state index contributed by atoms with van der Waals surface area (Å²) in [4.78, 5) is 23.2. The van der Waals surface area contributed by atoms with Crippen LogP contribution in [0, 0.1) is 11.3 Å². The summed E-state index contributed by atoms with van der Waals surface area (Å²) < 4.78 is 5.73. The molecule has 0 aliphatic rings. The maximum Gasteiger partial charge on any atom is 0.307 e. The first-order valence-corrected chi connectivity index (χ1v) is 10.4. The van der Waals surface area contributed by atoms with Crippen LogP contribution in [0.2, 0.25) is 10.0 Å². The molecule has 0 spiro atoms. The predicted molar refractivity (Wildman–Crippen MR) is 122 cm³/mol. The van der Waals surface area contributed by atoms with Crippen LogP contribution in [0.5, 0.6) is 11.5 Å². The van der Waals surface area contributed by atoms with Crippen molar-refractivity contribution < 1.29 is 19.4 Å². The SMILES string of the molecule is N#Cc1cc(CC(=O)O)ccc1Oc1ccc(C(=O)NCCc2ccc(Cl)c(Cl)c2)cc1. The van der Waals surface area contributed by atoms with E-state index in [1.54, 1.807) is 48.5 Å². The molecular formula is C24H18Cl2N2O4. The fraction of sp³-hybridized carbons (Fsp3) is 0.125. The Kier molecular flexibility index (Phi) is 7.72. The van der Waals surface area contributed by atoms with E-state index in [4.69, 9.17) is 33.0 Å². The van der Waals surface area contributed by atoms with Gasteiger partial charge in [0.05, 0.1) is 22.0 Å². The largest absolute Gasteiger partial charge is 0.481 e. The van der Waals surface area contributed by atoms with Gasteiger partial charge in [-0.25, -0.2) is 0 Å². The number of halogens is 2. The summed E-state index contributed by atoms with van der Waals surface area (Å²) in [6, 6.07) is 18.5. The standard InChI is InChI=1S/C24H18Cl2N2O4/c25-20-7-1-15(12-21(20)26)9-10-28-24(31)17-3-5-19(6-4-17)32-22-8-2-16(13-23(29)30)11-18(22)14-27/h1-8,11-12H,9-10,13H2,(H,28,31)(H,29,30). The number of benzene rings is 3. The third-order valence-electron chi connectivity index (χ3n) is 4.55. The maximum atomic E-state index is 12.4. The summed E-state index contributed by atoms with van der Waals surface area (Å²) in [7, 11) is 0. The normalized spacial score (nSPS) is 10.3. The zero-order valence-corrected chi connectivity index (χ0v) is 18.3. The number of carbonyl (C=O) groups excluding carboxylic acids is 1. The Labute approximate surface area is 195 Å². The number of hydrogen-bond donors (Lipinski definition) is 2. The highest BCUT2D eigenvalue weighted by Crippen LogP contribution is 2.26. The Bertz CT molecular complexity index is 1190. The lowest BCUT2D eigenvalue weighted by Crippen LogP contribution is -2.25. The first-order chi connectivity index (χ1) is 15.4. The van der Waals surface area contributed by atoms with E-state index in [1.807, 2.05) is 12.1 Å². The smallest absolute Gasteiger partial charge is 0.307 e. The molecule has 3 rings (SSSR count). The lowest BCUT2D eigenvalue weighted by atomic mass is 10.1. The van der Waals surface area contributed by atoms with E-state index >= 15 is 0 Å². The molecule has 0 atom stereocenters. The average Bonchev–Trinajstić information content (AvgIpc) is 2.77. The number of nitriles is 1. The first-order valence-electron chi connectivity index (χ1n) is 9.60. The molecule has 0 fully saturated rings. The maximum absolute atomic E-state index is 12.4. The second-order valence-electron chi connectivity index (χ2n) is 6.89. The van der Waals surface area contributed by atoms with Crippen molar-refractivity contribution in [1.82, 2.24) is 5.32 Å². The van der Waals surface area contributed by atoms with Crippen LogP contribution in [0.25, 0.3) is 0 Å². The molecule has 0 aliphatic heterocycles. The number of aliphatic carboxylic acids is 1. The summed E-state index contributed by atoms with van der Waals surface area (Å²) in [6.45, 7) is 0.434. The van der Waals surface area contributed by atoms with Gasteiger partial charge in [0.2, 0.25) is 0 Å². The molecule has 1 amide bonds. The van der Waals surface area contributed by atoms with Crippen LogP contribution in [0.1, 0.15) is 27.0 Å². The fourth-order valence-electron chi connectivity index (χ4n) is 2.96. The highest BCUT2D eigenvalue weighted by molar-refractivity contribution is 6.42. The molecular weight excluding hydrogens is 451 g/mol. The average molecular weight is 469 g/mol. The number of rotatable bonds is 8. The van der Waals surface area contributed by atoms with Crippen LogP contribution in [-0.2, 0) is 17.6 Å². The van der Waals surface area contributed by atoms with E-state index in [0.29, 0.717) is 45.6 Å². The van der Waals surface area contributed by atoms with Gasteiger partial charge in [-0.2, -0.15) is 5.26 Å². The van der Waals surface area contributed by atoms with Gasteiger partial charge in [-0.05, 0) is 66.1 Å². The van der Waals surface area contributed by atoms with Crippen LogP contribution in [-0.4, -0.2) is 23.5 Å². The monoisotopic (exact) mass is 468 g/mol. The second-order valence-corrected chi connectivity index (χ2v) is 7.71. The van der Waals surface area contributed by atoms with Gasteiger partial charge in [0, 0.05) is 12.1 Å². The molecule has 0 unspecified atom stereocenters. The van der Waals surface area contributed by atoms with Crippen LogP contribution >= 0.6 is 23.2 Å². The number of amides is 1. The van der Waals surface area contributed by atoms with Crippen molar-refractivity contribution in [3.63, 3.8) is 0 Å². The van der Waals surface area contributed by atoms with E-state index in [1.165, 1.54) is 6.07 Å². The molecule has 0 aromatic heterocycles. The Morgan fingerprint density at radius 1 is 0.969 bits per heavy atom. The van der Waals surface area contributed by atoms with E-state index in [9.17, 15) is 14.9 Å². The lowest BCUT2D eigenvalue weighted by molar-refractivity contribution is -0.136. The molecule has 162 valence electrons. The zero-order chi connectivity index (χ0) is 23.1. The first kappa shape index (κ1) is 23.1. The summed E-state index contributed by atoms with van der Waals surface area (Å²) >= 11 is 11.9. The second kappa shape index (κ2) is 10.7. The zero-order valence-electron chi connectivity index (χ0n) is 16.8. The molecule has 6 nitrogen and oxygen atoms in total. The van der Waals surface area contributed by atoms with Crippen molar-refractivity contribution in [3.05, 3.63) is 93.0 Å². The van der Waals surface area contributed by atoms with Crippen molar-refractivity contribution in [2.75, 3.05) is 6.54 Å². The molecule has 0 bridgehead atoms. The van der Waals surface area contributed by atoms with Gasteiger partial charge < -0.3 is 15.2 Å². The minimum atomic E-state index is -0.978. The van der Waals surface area contributed by atoms with Crippen molar-refractivity contribution in [3.8, 4) is 17.6 Å². The molecule has 0 heterocycles. The van der Waals surface area contributed by atoms with Crippen molar-refractivity contribution in [2.24, 2.45) is 0 Å². The van der Waals surface area contributed by atoms with Crippen LogP contribution in [0.4, 0.5) is 0 Å². The van der Waals surface area contributed by atoms with Crippen LogP contribution in [0.3, 0.4) is 0 Å². The molecule has 3 aromatic rings. The Morgan fingerprint density at radius 3 is 2.34 bits per heavy atom. The number of ether oxygens (including phenoxy) is 1.